The van der Waals surface area contributed by atoms with Gasteiger partial charge in [0.05, 0.1) is 24.2 Å². The maximum atomic E-state index is 11.0. The first kappa shape index (κ1) is 11.7. The Morgan fingerprint density at radius 2 is 2.35 bits per heavy atom. The number of benzene rings is 1. The molecule has 6 nitrogen and oxygen atoms in total. The molecule has 92 valence electrons. The van der Waals surface area contributed by atoms with Gasteiger partial charge in [0.25, 0.3) is 5.69 Å². The molecule has 1 aromatic carbocycles. The average molecular weight is 238 g/mol. The minimum atomic E-state index is -0.428. The van der Waals surface area contributed by atoms with Crippen LogP contribution in [0.2, 0.25) is 0 Å². The van der Waals surface area contributed by atoms with Crippen LogP contribution >= 0.6 is 0 Å². The highest BCUT2D eigenvalue weighted by atomic mass is 16.6. The lowest BCUT2D eigenvalue weighted by atomic mass is 10.2. The van der Waals surface area contributed by atoms with Crippen LogP contribution in [0, 0.1) is 10.1 Å². The molecule has 1 aliphatic heterocycles. The van der Waals surface area contributed by atoms with E-state index in [1.165, 1.54) is 13.2 Å². The van der Waals surface area contributed by atoms with Crippen molar-refractivity contribution in [3.05, 3.63) is 28.3 Å². The number of nitro groups is 1. The van der Waals surface area contributed by atoms with Gasteiger partial charge in [0.15, 0.2) is 0 Å². The third-order valence-corrected chi connectivity index (χ3v) is 2.88. The molecule has 1 aromatic rings. The summed E-state index contributed by atoms with van der Waals surface area (Å²) < 4.78 is 4.97. The Kier molecular flexibility index (Phi) is 3.14. The molecular formula is C11H14N2O4. The summed E-state index contributed by atoms with van der Waals surface area (Å²) in [5, 5.41) is 20.4. The summed E-state index contributed by atoms with van der Waals surface area (Å²) in [5.74, 6) is 0.459. The maximum Gasteiger partial charge on any atom is 0.296 e. The van der Waals surface area contributed by atoms with Crippen LogP contribution in [0.5, 0.6) is 5.75 Å². The van der Waals surface area contributed by atoms with Crippen LogP contribution in [0.4, 0.5) is 11.4 Å². The number of nitro benzene ring substituents is 1. The number of hydrogen-bond donors (Lipinski definition) is 1. The first-order valence-corrected chi connectivity index (χ1v) is 5.37. The quantitative estimate of drug-likeness (QED) is 0.632. The van der Waals surface area contributed by atoms with Crippen molar-refractivity contribution >= 4 is 11.4 Å². The molecule has 1 aliphatic rings. The van der Waals surface area contributed by atoms with Gasteiger partial charge in [-0.05, 0) is 18.6 Å². The summed E-state index contributed by atoms with van der Waals surface area (Å²) >= 11 is 0. The topological polar surface area (TPSA) is 75.8 Å². The lowest BCUT2D eigenvalue weighted by Gasteiger charge is -2.17. The van der Waals surface area contributed by atoms with E-state index in [4.69, 9.17) is 4.74 Å². The summed E-state index contributed by atoms with van der Waals surface area (Å²) in [7, 11) is 1.47. The van der Waals surface area contributed by atoms with E-state index >= 15 is 0 Å². The number of β-amino-alcohol motifs (C(OH)–C–C–N with tert-alkyl or cyclic N) is 1. The Morgan fingerprint density at radius 1 is 1.59 bits per heavy atom. The molecular weight excluding hydrogens is 224 g/mol. The second kappa shape index (κ2) is 4.58. The van der Waals surface area contributed by atoms with Crippen molar-refractivity contribution in [3.8, 4) is 5.75 Å². The fourth-order valence-corrected chi connectivity index (χ4v) is 2.00. The molecule has 17 heavy (non-hydrogen) atoms. The van der Waals surface area contributed by atoms with Gasteiger partial charge in [-0.1, -0.05) is 0 Å². The van der Waals surface area contributed by atoms with Crippen molar-refractivity contribution in [2.45, 2.75) is 12.5 Å². The summed E-state index contributed by atoms with van der Waals surface area (Å²) in [6.45, 7) is 1.07. The van der Waals surface area contributed by atoms with Crippen molar-refractivity contribution in [3.63, 3.8) is 0 Å². The number of ether oxygens (including phenoxy) is 1. The van der Waals surface area contributed by atoms with Gasteiger partial charge in [-0.2, -0.15) is 0 Å². The third-order valence-electron chi connectivity index (χ3n) is 2.88. The third kappa shape index (κ3) is 2.31. The predicted molar refractivity (Wildman–Crippen MR) is 62.5 cm³/mol. The number of aliphatic hydroxyl groups excluding tert-OH is 1. The number of hydrogen-bond acceptors (Lipinski definition) is 5. The Labute approximate surface area is 98.6 Å². The Bertz CT molecular complexity index is 435. The largest absolute Gasteiger partial charge is 0.496 e. The van der Waals surface area contributed by atoms with Crippen LogP contribution in [0.15, 0.2) is 18.2 Å². The first-order chi connectivity index (χ1) is 8.11. The van der Waals surface area contributed by atoms with E-state index in [0.29, 0.717) is 30.9 Å². The first-order valence-electron chi connectivity index (χ1n) is 5.37. The zero-order valence-corrected chi connectivity index (χ0v) is 9.50. The lowest BCUT2D eigenvalue weighted by molar-refractivity contribution is -0.384. The average Bonchev–Trinajstić information content (AvgIpc) is 2.75. The normalized spacial score (nSPS) is 19.4. The highest BCUT2D eigenvalue weighted by Crippen LogP contribution is 2.33. The number of rotatable bonds is 3. The predicted octanol–water partition coefficient (Wildman–Crippen LogP) is 1.17. The number of anilines is 1. The van der Waals surface area contributed by atoms with Gasteiger partial charge >= 0.3 is 0 Å². The molecule has 1 atom stereocenters. The summed E-state index contributed by atoms with van der Waals surface area (Å²) in [6, 6.07) is 4.75. The molecule has 2 rings (SSSR count). The number of methoxy groups -OCH3 is 1. The monoisotopic (exact) mass is 238 g/mol. The van der Waals surface area contributed by atoms with Gasteiger partial charge in [-0.25, -0.2) is 0 Å². The fourth-order valence-electron chi connectivity index (χ4n) is 2.00. The van der Waals surface area contributed by atoms with Crippen molar-refractivity contribution in [1.82, 2.24) is 0 Å². The summed E-state index contributed by atoms with van der Waals surface area (Å²) in [6.07, 6.45) is 0.236. The molecule has 6 heteroatoms. The number of aliphatic hydroxyl groups is 1. The summed E-state index contributed by atoms with van der Waals surface area (Å²) in [4.78, 5) is 12.4. The van der Waals surface area contributed by atoms with Gasteiger partial charge < -0.3 is 14.7 Å². The van der Waals surface area contributed by atoms with Crippen molar-refractivity contribution in [1.29, 1.82) is 0 Å². The smallest absolute Gasteiger partial charge is 0.296 e. The van der Waals surface area contributed by atoms with E-state index in [0.717, 1.165) is 0 Å². The van der Waals surface area contributed by atoms with Crippen molar-refractivity contribution in [2.75, 3.05) is 25.1 Å². The summed E-state index contributed by atoms with van der Waals surface area (Å²) in [5.41, 5.74) is 0.547. The van der Waals surface area contributed by atoms with Crippen LogP contribution in [0.25, 0.3) is 0 Å². The van der Waals surface area contributed by atoms with E-state index in [1.54, 1.807) is 12.1 Å². The molecule has 1 N–H and O–H groups in total. The van der Waals surface area contributed by atoms with Crippen molar-refractivity contribution in [2.24, 2.45) is 0 Å². The molecule has 0 aromatic heterocycles. The highest BCUT2D eigenvalue weighted by molar-refractivity contribution is 5.66. The zero-order chi connectivity index (χ0) is 12.4. The maximum absolute atomic E-state index is 11.0. The van der Waals surface area contributed by atoms with Crippen LogP contribution in [-0.2, 0) is 0 Å². The van der Waals surface area contributed by atoms with Crippen LogP contribution < -0.4 is 9.64 Å². The van der Waals surface area contributed by atoms with Gasteiger partial charge in [0, 0.05) is 13.1 Å². The Balaban J connectivity index is 2.35. The number of nitrogens with zero attached hydrogens (tertiary/aromatic N) is 2. The lowest BCUT2D eigenvalue weighted by Crippen LogP contribution is -2.22. The SMILES string of the molecule is COc1ccc(N2CCC(O)C2)c([N+](=O)[O-])c1. The Morgan fingerprint density at radius 3 is 2.88 bits per heavy atom. The molecule has 1 fully saturated rings. The molecule has 0 saturated carbocycles. The van der Waals surface area contributed by atoms with Crippen LogP contribution in [0.3, 0.4) is 0 Å². The van der Waals surface area contributed by atoms with Gasteiger partial charge in [0.1, 0.15) is 11.4 Å². The Hall–Kier alpha value is -1.82. The molecule has 0 aliphatic carbocycles. The fraction of sp³-hybridized carbons (Fsp3) is 0.455. The molecule has 0 spiro atoms. The van der Waals surface area contributed by atoms with Gasteiger partial charge in [0.2, 0.25) is 0 Å². The van der Waals surface area contributed by atoms with Crippen LogP contribution in [0.1, 0.15) is 6.42 Å². The molecule has 0 radical (unpaired) electrons. The van der Waals surface area contributed by atoms with E-state index < -0.39 is 11.0 Å². The van der Waals surface area contributed by atoms with E-state index in [1.807, 2.05) is 4.90 Å². The van der Waals surface area contributed by atoms with E-state index in [9.17, 15) is 15.2 Å². The molecule has 0 amide bonds. The van der Waals surface area contributed by atoms with E-state index in [-0.39, 0.29) is 5.69 Å². The van der Waals surface area contributed by atoms with Gasteiger partial charge in [-0.3, -0.25) is 10.1 Å². The minimum Gasteiger partial charge on any atom is -0.496 e. The second-order valence-electron chi connectivity index (χ2n) is 4.00. The minimum absolute atomic E-state index is 0.0125. The molecule has 1 unspecified atom stereocenters. The van der Waals surface area contributed by atoms with Gasteiger partial charge in [-0.15, -0.1) is 0 Å². The molecule has 0 bridgehead atoms. The van der Waals surface area contributed by atoms with Crippen molar-refractivity contribution < 1.29 is 14.8 Å². The second-order valence-corrected chi connectivity index (χ2v) is 4.00. The molecule has 1 heterocycles. The zero-order valence-electron chi connectivity index (χ0n) is 9.50. The molecule has 1 saturated heterocycles. The standard InChI is InChI=1S/C11H14N2O4/c1-17-9-2-3-10(11(6-9)13(15)16)12-5-4-8(14)7-12/h2-3,6,8,14H,4-5,7H2,1H3. The highest BCUT2D eigenvalue weighted by Gasteiger charge is 2.26. The van der Waals surface area contributed by atoms with Crippen LogP contribution in [-0.4, -0.2) is 36.3 Å². The van der Waals surface area contributed by atoms with E-state index in [2.05, 4.69) is 0 Å².